The number of hydrogen-bond acceptors (Lipinski definition) is 2. The summed E-state index contributed by atoms with van der Waals surface area (Å²) in [5.41, 5.74) is 7.18. The van der Waals surface area contributed by atoms with Gasteiger partial charge >= 0.3 is 0 Å². The smallest absolute Gasteiger partial charge is 0.123 e. The summed E-state index contributed by atoms with van der Waals surface area (Å²) in [5, 5.41) is 0. The zero-order chi connectivity index (χ0) is 13.8. The van der Waals surface area contributed by atoms with Gasteiger partial charge in [0.1, 0.15) is 5.82 Å². The fraction of sp³-hybridized carbons (Fsp3) is 0.625. The van der Waals surface area contributed by atoms with Gasteiger partial charge in [0.25, 0.3) is 0 Å². The van der Waals surface area contributed by atoms with Gasteiger partial charge in [-0.05, 0) is 62.4 Å². The largest absolute Gasteiger partial charge is 0.328 e. The highest BCUT2D eigenvalue weighted by Crippen LogP contribution is 2.23. The van der Waals surface area contributed by atoms with E-state index in [0.717, 1.165) is 19.6 Å². The van der Waals surface area contributed by atoms with E-state index < -0.39 is 0 Å². The van der Waals surface area contributed by atoms with E-state index in [-0.39, 0.29) is 5.82 Å². The van der Waals surface area contributed by atoms with Crippen LogP contribution < -0.4 is 5.73 Å². The van der Waals surface area contributed by atoms with Crippen LogP contribution in [-0.4, -0.2) is 30.6 Å². The lowest BCUT2D eigenvalue weighted by molar-refractivity contribution is 0.166. The van der Waals surface area contributed by atoms with Crippen molar-refractivity contribution in [2.24, 2.45) is 11.7 Å². The Morgan fingerprint density at radius 3 is 2.32 bits per heavy atom. The molecule has 19 heavy (non-hydrogen) atoms. The molecule has 1 fully saturated rings. The topological polar surface area (TPSA) is 29.3 Å². The molecule has 106 valence electrons. The Morgan fingerprint density at radius 1 is 1.21 bits per heavy atom. The van der Waals surface area contributed by atoms with Crippen molar-refractivity contribution >= 4 is 0 Å². The van der Waals surface area contributed by atoms with E-state index >= 15 is 0 Å². The van der Waals surface area contributed by atoms with Crippen molar-refractivity contribution < 1.29 is 4.39 Å². The standard InChI is InChI=1S/C16H25FN2/c1-12(14-3-5-16(17)6-4-14)11-19-9-7-15(8-10-19)13(2)18/h3-6,12-13,15H,7-11,18H2,1-2H3. The second-order valence-electron chi connectivity index (χ2n) is 5.95. The Balaban J connectivity index is 1.83. The SMILES string of the molecule is CC(CN1CCC(C(C)N)CC1)c1ccc(F)cc1. The van der Waals surface area contributed by atoms with Crippen molar-refractivity contribution in [2.45, 2.75) is 38.6 Å². The van der Waals surface area contributed by atoms with E-state index in [2.05, 4.69) is 18.7 Å². The van der Waals surface area contributed by atoms with Gasteiger partial charge in [0.2, 0.25) is 0 Å². The van der Waals surface area contributed by atoms with Crippen molar-refractivity contribution in [1.29, 1.82) is 0 Å². The maximum absolute atomic E-state index is 12.9. The Labute approximate surface area is 115 Å². The molecule has 0 aliphatic carbocycles. The summed E-state index contributed by atoms with van der Waals surface area (Å²) >= 11 is 0. The minimum absolute atomic E-state index is 0.159. The number of nitrogens with zero attached hydrogens (tertiary/aromatic N) is 1. The monoisotopic (exact) mass is 264 g/mol. The molecule has 2 rings (SSSR count). The number of piperidine rings is 1. The van der Waals surface area contributed by atoms with Gasteiger partial charge in [-0.25, -0.2) is 4.39 Å². The third kappa shape index (κ3) is 4.02. The third-order valence-electron chi connectivity index (χ3n) is 4.35. The zero-order valence-electron chi connectivity index (χ0n) is 12.0. The molecule has 2 atom stereocenters. The number of benzene rings is 1. The molecule has 2 N–H and O–H groups in total. The Kier molecular flexibility index (Phi) is 4.94. The highest BCUT2D eigenvalue weighted by molar-refractivity contribution is 5.20. The number of likely N-dealkylation sites (tertiary alicyclic amines) is 1. The fourth-order valence-electron chi connectivity index (χ4n) is 2.95. The third-order valence-corrected chi connectivity index (χ3v) is 4.35. The number of hydrogen-bond donors (Lipinski definition) is 1. The van der Waals surface area contributed by atoms with Gasteiger partial charge in [0.05, 0.1) is 0 Å². The Morgan fingerprint density at radius 2 is 1.79 bits per heavy atom. The first kappa shape index (κ1) is 14.5. The van der Waals surface area contributed by atoms with Gasteiger partial charge in [-0.1, -0.05) is 19.1 Å². The summed E-state index contributed by atoms with van der Waals surface area (Å²) in [5.74, 6) is 0.971. The lowest BCUT2D eigenvalue weighted by Gasteiger charge is -2.35. The normalized spacial score (nSPS) is 21.3. The summed E-state index contributed by atoms with van der Waals surface area (Å²) in [4.78, 5) is 2.51. The quantitative estimate of drug-likeness (QED) is 0.906. The van der Waals surface area contributed by atoms with Crippen LogP contribution in [0.25, 0.3) is 0 Å². The predicted molar refractivity (Wildman–Crippen MR) is 77.6 cm³/mol. The molecule has 1 heterocycles. The maximum atomic E-state index is 12.9. The average molecular weight is 264 g/mol. The lowest BCUT2D eigenvalue weighted by atomic mass is 9.90. The molecular weight excluding hydrogens is 239 g/mol. The molecule has 0 radical (unpaired) electrons. The molecule has 1 aliphatic heterocycles. The van der Waals surface area contributed by atoms with Gasteiger partial charge < -0.3 is 10.6 Å². The highest BCUT2D eigenvalue weighted by Gasteiger charge is 2.22. The molecule has 0 bridgehead atoms. The van der Waals surface area contributed by atoms with Gasteiger partial charge in [0.15, 0.2) is 0 Å². The molecule has 0 saturated carbocycles. The van der Waals surface area contributed by atoms with Crippen LogP contribution in [0.4, 0.5) is 4.39 Å². The summed E-state index contributed by atoms with van der Waals surface area (Å²) in [6.45, 7) is 7.65. The van der Waals surface area contributed by atoms with Gasteiger partial charge in [-0.2, -0.15) is 0 Å². The molecule has 1 aromatic rings. The lowest BCUT2D eigenvalue weighted by Crippen LogP contribution is -2.40. The summed E-state index contributed by atoms with van der Waals surface area (Å²) in [6.07, 6.45) is 2.40. The maximum Gasteiger partial charge on any atom is 0.123 e. The molecule has 2 unspecified atom stereocenters. The van der Waals surface area contributed by atoms with E-state index in [1.807, 2.05) is 12.1 Å². The van der Waals surface area contributed by atoms with Crippen LogP contribution in [0.3, 0.4) is 0 Å². The van der Waals surface area contributed by atoms with Gasteiger partial charge in [-0.3, -0.25) is 0 Å². The van der Waals surface area contributed by atoms with Crippen molar-refractivity contribution in [3.8, 4) is 0 Å². The summed E-state index contributed by atoms with van der Waals surface area (Å²) in [6, 6.07) is 7.21. The van der Waals surface area contributed by atoms with E-state index in [0.29, 0.717) is 17.9 Å². The van der Waals surface area contributed by atoms with E-state index in [1.54, 1.807) is 12.1 Å². The van der Waals surface area contributed by atoms with Crippen LogP contribution in [0, 0.1) is 11.7 Å². The first-order valence-corrected chi connectivity index (χ1v) is 7.29. The second-order valence-corrected chi connectivity index (χ2v) is 5.95. The van der Waals surface area contributed by atoms with E-state index in [1.165, 1.54) is 18.4 Å². The first-order chi connectivity index (χ1) is 9.06. The number of rotatable bonds is 4. The average Bonchev–Trinajstić information content (AvgIpc) is 2.40. The van der Waals surface area contributed by atoms with Crippen molar-refractivity contribution in [2.75, 3.05) is 19.6 Å². The Hall–Kier alpha value is -0.930. The summed E-state index contributed by atoms with van der Waals surface area (Å²) in [7, 11) is 0. The minimum Gasteiger partial charge on any atom is -0.328 e. The van der Waals surface area contributed by atoms with Crippen LogP contribution in [0.15, 0.2) is 24.3 Å². The zero-order valence-corrected chi connectivity index (χ0v) is 12.0. The molecule has 2 nitrogen and oxygen atoms in total. The molecule has 1 saturated heterocycles. The Bertz CT molecular complexity index is 380. The molecule has 1 aliphatic rings. The molecule has 3 heteroatoms. The van der Waals surface area contributed by atoms with Crippen molar-refractivity contribution in [3.63, 3.8) is 0 Å². The molecule has 0 amide bonds. The van der Waals surface area contributed by atoms with Gasteiger partial charge in [0, 0.05) is 12.6 Å². The van der Waals surface area contributed by atoms with Crippen LogP contribution in [0.2, 0.25) is 0 Å². The van der Waals surface area contributed by atoms with Crippen LogP contribution >= 0.6 is 0 Å². The predicted octanol–water partition coefficient (Wildman–Crippen LogP) is 2.99. The van der Waals surface area contributed by atoms with Crippen LogP contribution in [0.1, 0.15) is 38.2 Å². The molecular formula is C16H25FN2. The van der Waals surface area contributed by atoms with Crippen molar-refractivity contribution in [1.82, 2.24) is 4.90 Å². The van der Waals surface area contributed by atoms with Crippen LogP contribution in [-0.2, 0) is 0 Å². The summed E-state index contributed by atoms with van der Waals surface area (Å²) < 4.78 is 12.9. The van der Waals surface area contributed by atoms with Crippen molar-refractivity contribution in [3.05, 3.63) is 35.6 Å². The molecule has 0 spiro atoms. The number of halogens is 1. The fourth-order valence-corrected chi connectivity index (χ4v) is 2.95. The second kappa shape index (κ2) is 6.49. The first-order valence-electron chi connectivity index (χ1n) is 7.29. The number of nitrogens with two attached hydrogens (primary N) is 1. The molecule has 0 aromatic heterocycles. The van der Waals surface area contributed by atoms with E-state index in [4.69, 9.17) is 5.73 Å². The van der Waals surface area contributed by atoms with Gasteiger partial charge in [-0.15, -0.1) is 0 Å². The van der Waals surface area contributed by atoms with E-state index in [9.17, 15) is 4.39 Å². The molecule has 1 aromatic carbocycles. The highest BCUT2D eigenvalue weighted by atomic mass is 19.1. The minimum atomic E-state index is -0.159. The van der Waals surface area contributed by atoms with Crippen LogP contribution in [0.5, 0.6) is 0 Å².